The molecule has 0 aromatic rings. The molecule has 0 amide bonds. The normalized spacial score (nSPS) is 44.6. The summed E-state index contributed by atoms with van der Waals surface area (Å²) in [6.07, 6.45) is 8.39. The van der Waals surface area contributed by atoms with Crippen molar-refractivity contribution in [1.29, 1.82) is 0 Å². The molecule has 2 aliphatic rings. The summed E-state index contributed by atoms with van der Waals surface area (Å²) in [6, 6.07) is 0. The van der Waals surface area contributed by atoms with Gasteiger partial charge in [-0.25, -0.2) is 0 Å². The van der Waals surface area contributed by atoms with Crippen molar-refractivity contribution in [3.05, 3.63) is 12.2 Å². The van der Waals surface area contributed by atoms with Gasteiger partial charge in [-0.3, -0.25) is 4.79 Å². The smallest absolute Gasteiger partial charge is 0.155 e. The summed E-state index contributed by atoms with van der Waals surface area (Å²) in [5.74, 6) is 1.81. The maximum absolute atomic E-state index is 11.4. The zero-order valence-electron chi connectivity index (χ0n) is 8.55. The van der Waals surface area contributed by atoms with Crippen molar-refractivity contribution in [1.82, 2.24) is 0 Å². The van der Waals surface area contributed by atoms with Gasteiger partial charge in [-0.15, -0.1) is 0 Å². The highest BCUT2D eigenvalue weighted by atomic mass is 16.1. The number of rotatable bonds is 0. The van der Waals surface area contributed by atoms with Crippen LogP contribution in [0.4, 0.5) is 0 Å². The summed E-state index contributed by atoms with van der Waals surface area (Å²) in [5, 5.41) is 0. The summed E-state index contributed by atoms with van der Waals surface area (Å²) in [6.45, 7) is 4.63. The fraction of sp³-hybridized carbons (Fsp3) is 0.750. The molecule has 1 heteroatoms. The lowest BCUT2D eigenvalue weighted by Gasteiger charge is -2.38. The lowest BCUT2D eigenvalue weighted by molar-refractivity contribution is -0.118. The van der Waals surface area contributed by atoms with Crippen LogP contribution in [0.25, 0.3) is 0 Å². The van der Waals surface area contributed by atoms with Crippen LogP contribution in [0.3, 0.4) is 0 Å². The van der Waals surface area contributed by atoms with Crippen molar-refractivity contribution in [2.75, 3.05) is 0 Å². The van der Waals surface area contributed by atoms with Crippen LogP contribution in [0.5, 0.6) is 0 Å². The molecule has 1 spiro atoms. The average molecular weight is 178 g/mol. The molecule has 0 aliphatic heterocycles. The highest BCUT2D eigenvalue weighted by Crippen LogP contribution is 2.53. The van der Waals surface area contributed by atoms with Gasteiger partial charge >= 0.3 is 0 Å². The number of ketones is 1. The second-order valence-corrected chi connectivity index (χ2v) is 4.86. The quantitative estimate of drug-likeness (QED) is 0.557. The Hall–Kier alpha value is -0.590. The fourth-order valence-corrected chi connectivity index (χ4v) is 3.18. The van der Waals surface area contributed by atoms with Gasteiger partial charge in [0.25, 0.3) is 0 Å². The topological polar surface area (TPSA) is 17.1 Å². The molecule has 1 saturated carbocycles. The lowest BCUT2D eigenvalue weighted by atomic mass is 9.66. The van der Waals surface area contributed by atoms with E-state index in [4.69, 9.17) is 0 Å². The maximum atomic E-state index is 11.4. The molecule has 1 nitrogen and oxygen atoms in total. The molecule has 0 N–H and O–H groups in total. The van der Waals surface area contributed by atoms with E-state index in [0.717, 1.165) is 24.7 Å². The van der Waals surface area contributed by atoms with E-state index in [9.17, 15) is 4.79 Å². The first-order valence-corrected chi connectivity index (χ1v) is 5.34. The third-order valence-corrected chi connectivity index (χ3v) is 4.30. The van der Waals surface area contributed by atoms with Gasteiger partial charge < -0.3 is 0 Å². The van der Waals surface area contributed by atoms with Crippen LogP contribution in [0.15, 0.2) is 12.2 Å². The Kier molecular flexibility index (Phi) is 2.05. The van der Waals surface area contributed by atoms with Crippen LogP contribution in [-0.4, -0.2) is 5.78 Å². The average Bonchev–Trinajstić information content (AvgIpc) is 2.34. The second-order valence-electron chi connectivity index (χ2n) is 4.86. The fourth-order valence-electron chi connectivity index (χ4n) is 3.18. The number of hydrogen-bond acceptors (Lipinski definition) is 1. The van der Waals surface area contributed by atoms with Gasteiger partial charge in [0, 0.05) is 6.42 Å². The van der Waals surface area contributed by atoms with Crippen molar-refractivity contribution in [3.63, 3.8) is 0 Å². The van der Waals surface area contributed by atoms with Crippen LogP contribution >= 0.6 is 0 Å². The summed E-state index contributed by atoms with van der Waals surface area (Å²) >= 11 is 0. The van der Waals surface area contributed by atoms with Crippen molar-refractivity contribution >= 4 is 5.78 Å². The molecule has 72 valence electrons. The van der Waals surface area contributed by atoms with Crippen LogP contribution in [0.1, 0.15) is 39.5 Å². The lowest BCUT2D eigenvalue weighted by Crippen LogP contribution is -2.33. The highest BCUT2D eigenvalue weighted by Gasteiger charge is 2.46. The largest absolute Gasteiger partial charge is 0.295 e. The Balaban J connectivity index is 2.28. The van der Waals surface area contributed by atoms with Gasteiger partial charge in [0.15, 0.2) is 5.78 Å². The Bertz CT molecular complexity index is 242. The Morgan fingerprint density at radius 1 is 1.31 bits per heavy atom. The number of allylic oxidation sites excluding steroid dienone is 2. The van der Waals surface area contributed by atoms with Gasteiger partial charge in [0.05, 0.1) is 0 Å². The maximum Gasteiger partial charge on any atom is 0.155 e. The van der Waals surface area contributed by atoms with E-state index in [1.54, 1.807) is 6.08 Å². The summed E-state index contributed by atoms with van der Waals surface area (Å²) in [7, 11) is 0. The van der Waals surface area contributed by atoms with E-state index < -0.39 is 0 Å². The standard InChI is InChI=1S/C12H18O/c1-9-5-6-10(2)12(9)7-3-4-11(13)8-12/h3-4,9-10H,5-8H2,1-2H3/t9-,10+,12?. The Morgan fingerprint density at radius 3 is 2.46 bits per heavy atom. The number of hydrogen-bond donors (Lipinski definition) is 0. The summed E-state index contributed by atoms with van der Waals surface area (Å²) < 4.78 is 0. The first kappa shape index (κ1) is 8.98. The minimum atomic E-state index is 0.325. The first-order chi connectivity index (χ1) is 6.15. The van der Waals surface area contributed by atoms with Crippen molar-refractivity contribution in [3.8, 4) is 0 Å². The number of carbonyl (C=O) groups excluding carboxylic acids is 1. The molecule has 1 unspecified atom stereocenters. The van der Waals surface area contributed by atoms with Gasteiger partial charge in [0.1, 0.15) is 0 Å². The van der Waals surface area contributed by atoms with Gasteiger partial charge in [-0.2, -0.15) is 0 Å². The molecule has 0 heterocycles. The molecule has 13 heavy (non-hydrogen) atoms. The third kappa shape index (κ3) is 1.25. The minimum Gasteiger partial charge on any atom is -0.295 e. The first-order valence-electron chi connectivity index (χ1n) is 5.34. The van der Waals surface area contributed by atoms with Crippen LogP contribution in [0, 0.1) is 17.3 Å². The molecule has 3 atom stereocenters. The highest BCUT2D eigenvalue weighted by molar-refractivity contribution is 5.91. The Morgan fingerprint density at radius 2 is 1.92 bits per heavy atom. The van der Waals surface area contributed by atoms with Crippen LogP contribution in [-0.2, 0) is 4.79 Å². The molecule has 0 aromatic heterocycles. The molecular formula is C12H18O. The molecule has 0 saturated heterocycles. The second kappa shape index (κ2) is 2.97. The van der Waals surface area contributed by atoms with Gasteiger partial charge in [-0.05, 0) is 42.6 Å². The van der Waals surface area contributed by atoms with E-state index in [-0.39, 0.29) is 0 Å². The minimum absolute atomic E-state index is 0.325. The van der Waals surface area contributed by atoms with Crippen molar-refractivity contribution in [2.24, 2.45) is 17.3 Å². The van der Waals surface area contributed by atoms with E-state index in [2.05, 4.69) is 19.9 Å². The molecule has 1 fully saturated rings. The summed E-state index contributed by atoms with van der Waals surface area (Å²) in [4.78, 5) is 11.4. The summed E-state index contributed by atoms with van der Waals surface area (Å²) in [5.41, 5.74) is 0.325. The Labute approximate surface area is 80.2 Å². The predicted molar refractivity (Wildman–Crippen MR) is 53.4 cm³/mol. The molecule has 0 radical (unpaired) electrons. The molecule has 0 bridgehead atoms. The van der Waals surface area contributed by atoms with Crippen molar-refractivity contribution < 1.29 is 4.79 Å². The van der Waals surface area contributed by atoms with E-state index in [1.165, 1.54) is 12.8 Å². The van der Waals surface area contributed by atoms with E-state index >= 15 is 0 Å². The van der Waals surface area contributed by atoms with Crippen molar-refractivity contribution in [2.45, 2.75) is 39.5 Å². The molecule has 0 aromatic carbocycles. The number of carbonyl (C=O) groups is 1. The zero-order valence-corrected chi connectivity index (χ0v) is 8.55. The monoisotopic (exact) mass is 178 g/mol. The van der Waals surface area contributed by atoms with E-state index in [0.29, 0.717) is 11.2 Å². The third-order valence-electron chi connectivity index (χ3n) is 4.30. The van der Waals surface area contributed by atoms with Gasteiger partial charge in [-0.1, -0.05) is 19.9 Å². The van der Waals surface area contributed by atoms with Crippen LogP contribution in [0.2, 0.25) is 0 Å². The zero-order chi connectivity index (χ0) is 9.47. The van der Waals surface area contributed by atoms with Crippen LogP contribution < -0.4 is 0 Å². The molecule has 2 aliphatic carbocycles. The predicted octanol–water partition coefficient (Wildman–Crippen LogP) is 2.96. The van der Waals surface area contributed by atoms with E-state index in [1.807, 2.05) is 0 Å². The molecule has 2 rings (SSSR count). The molecular weight excluding hydrogens is 160 g/mol. The van der Waals surface area contributed by atoms with Gasteiger partial charge in [0.2, 0.25) is 0 Å². The SMILES string of the molecule is C[C@@H]1CC[C@H](C)C12CC=CC(=O)C2.